The zero-order valence-corrected chi connectivity index (χ0v) is 17.8. The molecule has 0 saturated heterocycles. The van der Waals surface area contributed by atoms with Gasteiger partial charge in [-0.25, -0.2) is 4.98 Å². The summed E-state index contributed by atoms with van der Waals surface area (Å²) in [6, 6.07) is 22.0. The van der Waals surface area contributed by atoms with E-state index in [9.17, 15) is 0 Å². The Morgan fingerprint density at radius 1 is 0.613 bits per heavy atom. The Morgan fingerprint density at radius 3 is 2.35 bits per heavy atom. The predicted octanol–water partition coefficient (Wildman–Crippen LogP) is 7.77. The molecule has 0 aliphatic heterocycles. The number of hydrogen-bond acceptors (Lipinski definition) is 4. The quantitative estimate of drug-likeness (QED) is 0.230. The molecule has 0 unspecified atom stereocenters. The fourth-order valence-electron chi connectivity index (χ4n) is 4.94. The van der Waals surface area contributed by atoms with Gasteiger partial charge in [0.2, 0.25) is 0 Å². The highest BCUT2D eigenvalue weighted by molar-refractivity contribution is 7.33. The van der Waals surface area contributed by atoms with Crippen LogP contribution in [0.25, 0.3) is 67.8 Å². The number of aromatic nitrogens is 3. The number of imidazole rings is 1. The van der Waals surface area contributed by atoms with Crippen molar-refractivity contribution < 1.29 is 0 Å². The molecule has 3 aromatic carbocycles. The van der Waals surface area contributed by atoms with Crippen LogP contribution >= 0.6 is 22.7 Å². The number of fused-ring (bicyclic) bond motifs is 13. The number of hydrogen-bond donors (Lipinski definition) is 0. The first kappa shape index (κ1) is 16.2. The summed E-state index contributed by atoms with van der Waals surface area (Å²) in [4.78, 5) is 9.35. The first-order valence-corrected chi connectivity index (χ1v) is 11.8. The number of benzene rings is 3. The second-order valence-corrected chi connectivity index (χ2v) is 10.0. The highest BCUT2D eigenvalue weighted by Gasteiger charge is 2.16. The molecule has 0 bridgehead atoms. The summed E-state index contributed by atoms with van der Waals surface area (Å²) in [5, 5.41) is 7.60. The minimum Gasteiger partial charge on any atom is -0.299 e. The number of rotatable bonds is 0. The Hall–Kier alpha value is -3.54. The Balaban J connectivity index is 1.61. The van der Waals surface area contributed by atoms with Gasteiger partial charge in [-0.3, -0.25) is 9.38 Å². The van der Waals surface area contributed by atoms with Gasteiger partial charge >= 0.3 is 0 Å². The summed E-state index contributed by atoms with van der Waals surface area (Å²) < 4.78 is 7.61. The van der Waals surface area contributed by atoms with Crippen molar-refractivity contribution in [3.63, 3.8) is 0 Å². The molecule has 3 nitrogen and oxygen atoms in total. The van der Waals surface area contributed by atoms with Crippen molar-refractivity contribution in [2.24, 2.45) is 0 Å². The molecule has 31 heavy (non-hydrogen) atoms. The summed E-state index contributed by atoms with van der Waals surface area (Å²) in [6.45, 7) is 0. The lowest BCUT2D eigenvalue weighted by Crippen LogP contribution is -1.91. The maximum Gasteiger partial charge on any atom is 0.146 e. The largest absolute Gasteiger partial charge is 0.299 e. The molecule has 0 radical (unpaired) electrons. The number of nitrogens with zero attached hydrogens (tertiary/aromatic N) is 3. The Bertz CT molecular complexity index is 2010. The van der Waals surface area contributed by atoms with Gasteiger partial charge in [-0.2, -0.15) is 0 Å². The molecule has 5 aromatic heterocycles. The van der Waals surface area contributed by atoms with E-state index in [-0.39, 0.29) is 0 Å². The van der Waals surface area contributed by atoms with Gasteiger partial charge in [-0.1, -0.05) is 30.3 Å². The van der Waals surface area contributed by atoms with Crippen LogP contribution in [-0.2, 0) is 0 Å². The number of thiophene rings is 2. The Kier molecular flexibility index (Phi) is 2.91. The summed E-state index contributed by atoms with van der Waals surface area (Å²) >= 11 is 3.79. The lowest BCUT2D eigenvalue weighted by atomic mass is 10.1. The Morgan fingerprint density at radius 2 is 1.42 bits per heavy atom. The highest BCUT2D eigenvalue weighted by Crippen LogP contribution is 2.45. The molecule has 0 amide bonds. The van der Waals surface area contributed by atoms with Crippen LogP contribution in [0.5, 0.6) is 0 Å². The van der Waals surface area contributed by atoms with Crippen molar-refractivity contribution in [2.45, 2.75) is 0 Å². The van der Waals surface area contributed by atoms with Crippen molar-refractivity contribution in [3.05, 3.63) is 79.3 Å². The SMILES string of the molecule is c1ccc2c(c1)sc1c2ccc2c3cc4c5ncccc5c5nccn5c4cc3sc21. The van der Waals surface area contributed by atoms with Gasteiger partial charge < -0.3 is 0 Å². The summed E-state index contributed by atoms with van der Waals surface area (Å²) in [6.07, 6.45) is 5.79. The van der Waals surface area contributed by atoms with E-state index in [2.05, 4.69) is 64.0 Å². The fraction of sp³-hybridized carbons (Fsp3) is 0. The van der Waals surface area contributed by atoms with E-state index < -0.39 is 0 Å². The van der Waals surface area contributed by atoms with E-state index in [1.807, 2.05) is 47.3 Å². The van der Waals surface area contributed by atoms with Gasteiger partial charge in [0.1, 0.15) is 5.65 Å². The second-order valence-electron chi connectivity index (χ2n) is 7.91. The zero-order chi connectivity index (χ0) is 20.1. The zero-order valence-electron chi connectivity index (χ0n) is 16.2. The first-order valence-electron chi connectivity index (χ1n) is 10.2. The maximum atomic E-state index is 4.74. The average molecular weight is 432 g/mol. The molecule has 0 saturated carbocycles. The molecule has 0 spiro atoms. The molecule has 0 aliphatic rings. The lowest BCUT2D eigenvalue weighted by molar-refractivity contribution is 1.27. The van der Waals surface area contributed by atoms with E-state index in [4.69, 9.17) is 4.98 Å². The molecule has 144 valence electrons. The first-order chi connectivity index (χ1) is 15.4. The topological polar surface area (TPSA) is 30.2 Å². The standard InChI is InChI=1S/C26H13N3S2/c1-2-6-21-14(4-1)15-7-8-16-18-12-19-20(13-22(18)31-25(16)24(15)30-21)29-11-10-28-26(29)17-5-3-9-27-23(17)19/h1-13H. The molecule has 0 atom stereocenters. The molecule has 8 rings (SSSR count). The van der Waals surface area contributed by atoms with Crippen LogP contribution in [0.1, 0.15) is 0 Å². The van der Waals surface area contributed by atoms with E-state index in [0.29, 0.717) is 0 Å². The van der Waals surface area contributed by atoms with Crippen molar-refractivity contribution >= 4 is 90.5 Å². The van der Waals surface area contributed by atoms with Crippen molar-refractivity contribution in [1.82, 2.24) is 14.4 Å². The van der Waals surface area contributed by atoms with Crippen molar-refractivity contribution in [2.75, 3.05) is 0 Å². The summed E-state index contributed by atoms with van der Waals surface area (Å²) in [5.41, 5.74) is 3.13. The normalized spacial score (nSPS) is 12.5. The molecule has 5 heteroatoms. The van der Waals surface area contributed by atoms with Crippen LogP contribution in [-0.4, -0.2) is 14.4 Å². The van der Waals surface area contributed by atoms with E-state index >= 15 is 0 Å². The van der Waals surface area contributed by atoms with E-state index in [0.717, 1.165) is 22.1 Å². The third kappa shape index (κ3) is 1.98. The van der Waals surface area contributed by atoms with Gasteiger partial charge in [0, 0.05) is 60.3 Å². The number of pyridine rings is 2. The third-order valence-corrected chi connectivity index (χ3v) is 8.82. The van der Waals surface area contributed by atoms with Crippen LogP contribution in [0, 0.1) is 0 Å². The molecule has 0 N–H and O–H groups in total. The molecule has 0 aliphatic carbocycles. The smallest absolute Gasteiger partial charge is 0.146 e. The minimum absolute atomic E-state index is 0.961. The molecular formula is C26H13N3S2. The predicted molar refractivity (Wildman–Crippen MR) is 134 cm³/mol. The van der Waals surface area contributed by atoms with Crippen LogP contribution < -0.4 is 0 Å². The minimum atomic E-state index is 0.961. The molecule has 8 aromatic rings. The van der Waals surface area contributed by atoms with Gasteiger partial charge in [-0.15, -0.1) is 22.7 Å². The summed E-state index contributed by atoms with van der Waals surface area (Å²) in [7, 11) is 0. The maximum absolute atomic E-state index is 4.74. The van der Waals surface area contributed by atoms with Crippen LogP contribution in [0.3, 0.4) is 0 Å². The Labute approximate surface area is 183 Å². The van der Waals surface area contributed by atoms with Gasteiger partial charge in [0.15, 0.2) is 0 Å². The van der Waals surface area contributed by atoms with Crippen LogP contribution in [0.4, 0.5) is 0 Å². The highest BCUT2D eigenvalue weighted by atomic mass is 32.1. The van der Waals surface area contributed by atoms with E-state index in [1.165, 1.54) is 45.7 Å². The third-order valence-electron chi connectivity index (χ3n) is 6.31. The van der Waals surface area contributed by atoms with Crippen molar-refractivity contribution in [3.8, 4) is 0 Å². The average Bonchev–Trinajstić information content (AvgIpc) is 3.53. The van der Waals surface area contributed by atoms with Gasteiger partial charge in [0.05, 0.1) is 20.4 Å². The molecule has 5 heterocycles. The van der Waals surface area contributed by atoms with Gasteiger partial charge in [0.25, 0.3) is 0 Å². The van der Waals surface area contributed by atoms with Crippen molar-refractivity contribution in [1.29, 1.82) is 0 Å². The second kappa shape index (κ2) is 5.58. The fourth-order valence-corrected chi connectivity index (χ4v) is 7.49. The summed E-state index contributed by atoms with van der Waals surface area (Å²) in [5.74, 6) is 0. The molecular weight excluding hydrogens is 418 g/mol. The molecule has 0 fully saturated rings. The van der Waals surface area contributed by atoms with E-state index in [1.54, 1.807) is 0 Å². The van der Waals surface area contributed by atoms with Crippen LogP contribution in [0.15, 0.2) is 79.3 Å². The monoisotopic (exact) mass is 431 g/mol. The van der Waals surface area contributed by atoms with Gasteiger partial charge in [-0.05, 0) is 30.3 Å². The van der Waals surface area contributed by atoms with Crippen LogP contribution in [0.2, 0.25) is 0 Å². The lowest BCUT2D eigenvalue weighted by Gasteiger charge is -2.07.